The number of aromatic nitrogens is 2. The molecule has 0 aliphatic heterocycles. The molecule has 5 heteroatoms. The highest BCUT2D eigenvalue weighted by Gasteiger charge is 2.48. The second-order valence-electron chi connectivity index (χ2n) is 4.82. The van der Waals surface area contributed by atoms with Crippen LogP contribution in [0.25, 0.3) is 0 Å². The molecule has 19 heavy (non-hydrogen) atoms. The van der Waals surface area contributed by atoms with Crippen LogP contribution >= 0.6 is 0 Å². The number of carboxylic acids is 1. The van der Waals surface area contributed by atoms with E-state index in [0.29, 0.717) is 24.6 Å². The first-order chi connectivity index (χ1) is 9.24. The Morgan fingerprint density at radius 1 is 1.32 bits per heavy atom. The fourth-order valence-electron chi connectivity index (χ4n) is 2.16. The number of carbonyl (C=O) groups is 1. The van der Waals surface area contributed by atoms with Gasteiger partial charge in [-0.05, 0) is 18.4 Å². The number of rotatable bonds is 5. The fourth-order valence-corrected chi connectivity index (χ4v) is 2.16. The van der Waals surface area contributed by atoms with Crippen LogP contribution in [-0.4, -0.2) is 21.2 Å². The molecular weight excluding hydrogens is 244 g/mol. The van der Waals surface area contributed by atoms with Gasteiger partial charge in [0.05, 0.1) is 11.8 Å². The van der Waals surface area contributed by atoms with E-state index in [1.807, 2.05) is 18.2 Å². The smallest absolute Gasteiger partial charge is 0.307 e. The average Bonchev–Trinajstić information content (AvgIpc) is 3.10. The Hall–Kier alpha value is -2.17. The lowest BCUT2D eigenvalue weighted by molar-refractivity contribution is -0.138. The van der Waals surface area contributed by atoms with Crippen LogP contribution in [0.1, 0.15) is 29.6 Å². The number of benzene rings is 1. The Labute approximate surface area is 110 Å². The molecule has 0 bridgehead atoms. The zero-order valence-corrected chi connectivity index (χ0v) is 10.3. The predicted octanol–water partition coefficient (Wildman–Crippen LogP) is 2.04. The molecule has 3 rings (SSSR count). The van der Waals surface area contributed by atoms with Crippen molar-refractivity contribution in [1.82, 2.24) is 10.1 Å². The molecule has 1 N–H and O–H groups in total. The molecule has 0 spiro atoms. The Balaban J connectivity index is 1.59. The minimum absolute atomic E-state index is 0.0875. The Bertz CT molecular complexity index is 579. The van der Waals surface area contributed by atoms with Gasteiger partial charge in [-0.1, -0.05) is 35.5 Å². The fraction of sp³-hybridized carbons (Fsp3) is 0.357. The molecular formula is C14H14N2O3. The van der Waals surface area contributed by atoms with Crippen molar-refractivity contribution in [1.29, 1.82) is 0 Å². The van der Waals surface area contributed by atoms with Gasteiger partial charge < -0.3 is 9.63 Å². The zero-order valence-electron chi connectivity index (χ0n) is 10.3. The number of aryl methyl sites for hydroxylation is 2. The molecule has 98 valence electrons. The maximum atomic E-state index is 10.8. The maximum Gasteiger partial charge on any atom is 0.307 e. The lowest BCUT2D eigenvalue weighted by Crippen LogP contribution is -1.99. The monoisotopic (exact) mass is 258 g/mol. The molecule has 0 amide bonds. The van der Waals surface area contributed by atoms with E-state index < -0.39 is 5.97 Å². The highest BCUT2D eigenvalue weighted by molar-refractivity contribution is 5.74. The van der Waals surface area contributed by atoms with Gasteiger partial charge in [-0.25, -0.2) is 0 Å². The Kier molecular flexibility index (Phi) is 3.03. The minimum atomic E-state index is -0.783. The third kappa shape index (κ3) is 2.65. The summed E-state index contributed by atoms with van der Waals surface area (Å²) >= 11 is 0. The molecule has 1 fully saturated rings. The molecule has 1 saturated carbocycles. The van der Waals surface area contributed by atoms with Crippen LogP contribution < -0.4 is 0 Å². The largest absolute Gasteiger partial charge is 0.481 e. The summed E-state index contributed by atoms with van der Waals surface area (Å²) in [6.07, 6.45) is 2.17. The van der Waals surface area contributed by atoms with Gasteiger partial charge in [0.1, 0.15) is 0 Å². The number of aliphatic carboxylic acids is 1. The van der Waals surface area contributed by atoms with Gasteiger partial charge in [0, 0.05) is 6.42 Å². The van der Waals surface area contributed by atoms with Gasteiger partial charge in [-0.15, -0.1) is 0 Å². The van der Waals surface area contributed by atoms with Crippen LogP contribution in [0.4, 0.5) is 0 Å². The number of nitrogens with zero attached hydrogens (tertiary/aromatic N) is 2. The number of hydrogen-bond acceptors (Lipinski definition) is 4. The summed E-state index contributed by atoms with van der Waals surface area (Å²) in [5.41, 5.74) is 1.23. The molecule has 2 unspecified atom stereocenters. The topological polar surface area (TPSA) is 76.2 Å². The average molecular weight is 258 g/mol. The third-order valence-corrected chi connectivity index (χ3v) is 3.39. The van der Waals surface area contributed by atoms with Crippen LogP contribution in [-0.2, 0) is 17.6 Å². The Morgan fingerprint density at radius 3 is 2.79 bits per heavy atom. The van der Waals surface area contributed by atoms with Crippen molar-refractivity contribution in [3.8, 4) is 0 Å². The lowest BCUT2D eigenvalue weighted by Gasteiger charge is -1.96. The minimum Gasteiger partial charge on any atom is -0.481 e. The SMILES string of the molecule is O=C(O)C1CC1c1nc(CCc2ccccc2)no1. The summed E-state index contributed by atoms with van der Waals surface area (Å²) in [5, 5.41) is 12.8. The van der Waals surface area contributed by atoms with Crippen LogP contribution in [0.5, 0.6) is 0 Å². The lowest BCUT2D eigenvalue weighted by atomic mass is 10.1. The zero-order chi connectivity index (χ0) is 13.2. The van der Waals surface area contributed by atoms with Crippen LogP contribution in [0.2, 0.25) is 0 Å². The molecule has 1 aromatic carbocycles. The van der Waals surface area contributed by atoms with Crippen molar-refractivity contribution in [2.45, 2.75) is 25.2 Å². The first-order valence-corrected chi connectivity index (χ1v) is 6.33. The predicted molar refractivity (Wildman–Crippen MR) is 66.6 cm³/mol. The molecule has 0 radical (unpaired) electrons. The van der Waals surface area contributed by atoms with Gasteiger partial charge in [0.2, 0.25) is 5.89 Å². The first kappa shape index (κ1) is 11.9. The normalized spacial score (nSPS) is 21.3. The second-order valence-corrected chi connectivity index (χ2v) is 4.82. The van der Waals surface area contributed by atoms with E-state index in [2.05, 4.69) is 22.3 Å². The molecule has 2 aromatic rings. The van der Waals surface area contributed by atoms with Crippen molar-refractivity contribution < 1.29 is 14.4 Å². The van der Waals surface area contributed by atoms with E-state index in [-0.39, 0.29) is 11.8 Å². The van der Waals surface area contributed by atoms with Gasteiger partial charge in [0.15, 0.2) is 5.82 Å². The highest BCUT2D eigenvalue weighted by atomic mass is 16.5. The van der Waals surface area contributed by atoms with E-state index in [1.54, 1.807) is 0 Å². The van der Waals surface area contributed by atoms with E-state index in [0.717, 1.165) is 6.42 Å². The molecule has 1 aliphatic carbocycles. The van der Waals surface area contributed by atoms with E-state index in [9.17, 15) is 4.79 Å². The van der Waals surface area contributed by atoms with Crippen LogP contribution in [0.3, 0.4) is 0 Å². The standard InChI is InChI=1S/C14H14N2O3/c17-14(18)11-8-10(11)13-15-12(16-19-13)7-6-9-4-2-1-3-5-9/h1-5,10-11H,6-8H2,(H,17,18). The summed E-state index contributed by atoms with van der Waals surface area (Å²) in [4.78, 5) is 15.1. The van der Waals surface area contributed by atoms with Crippen molar-refractivity contribution >= 4 is 5.97 Å². The van der Waals surface area contributed by atoms with E-state index >= 15 is 0 Å². The highest BCUT2D eigenvalue weighted by Crippen LogP contribution is 2.46. The maximum absolute atomic E-state index is 10.8. The van der Waals surface area contributed by atoms with Crippen molar-refractivity contribution in [2.75, 3.05) is 0 Å². The summed E-state index contributed by atoms with van der Waals surface area (Å²) in [6.45, 7) is 0. The van der Waals surface area contributed by atoms with Crippen LogP contribution in [0, 0.1) is 5.92 Å². The first-order valence-electron chi connectivity index (χ1n) is 6.33. The quantitative estimate of drug-likeness (QED) is 0.888. The van der Waals surface area contributed by atoms with E-state index in [4.69, 9.17) is 9.63 Å². The van der Waals surface area contributed by atoms with E-state index in [1.165, 1.54) is 5.56 Å². The molecule has 1 aliphatic rings. The number of hydrogen-bond donors (Lipinski definition) is 1. The van der Waals surface area contributed by atoms with Gasteiger partial charge in [-0.3, -0.25) is 4.79 Å². The summed E-state index contributed by atoms with van der Waals surface area (Å²) in [6, 6.07) is 10.1. The molecule has 0 saturated heterocycles. The van der Waals surface area contributed by atoms with Crippen molar-refractivity contribution in [2.24, 2.45) is 5.92 Å². The van der Waals surface area contributed by atoms with Gasteiger partial charge in [-0.2, -0.15) is 4.98 Å². The van der Waals surface area contributed by atoms with Crippen molar-refractivity contribution in [3.05, 3.63) is 47.6 Å². The number of carboxylic acid groups (broad SMARTS) is 1. The molecule has 1 aromatic heterocycles. The molecule has 1 heterocycles. The summed E-state index contributed by atoms with van der Waals surface area (Å²) in [5.74, 6) is -0.0997. The van der Waals surface area contributed by atoms with Gasteiger partial charge >= 0.3 is 5.97 Å². The summed E-state index contributed by atoms with van der Waals surface area (Å²) < 4.78 is 5.13. The van der Waals surface area contributed by atoms with Crippen molar-refractivity contribution in [3.63, 3.8) is 0 Å². The van der Waals surface area contributed by atoms with Gasteiger partial charge in [0.25, 0.3) is 0 Å². The third-order valence-electron chi connectivity index (χ3n) is 3.39. The molecule has 2 atom stereocenters. The summed E-state index contributed by atoms with van der Waals surface area (Å²) in [7, 11) is 0. The Morgan fingerprint density at radius 2 is 2.11 bits per heavy atom. The second kappa shape index (κ2) is 4.84. The molecule has 5 nitrogen and oxygen atoms in total. The van der Waals surface area contributed by atoms with Crippen LogP contribution in [0.15, 0.2) is 34.9 Å².